The summed E-state index contributed by atoms with van der Waals surface area (Å²) in [4.78, 5) is 14.0. The lowest BCUT2D eigenvalue weighted by Crippen LogP contribution is -2.43. The topological polar surface area (TPSA) is 46.3 Å². The number of anilines is 1. The highest BCUT2D eigenvalue weighted by molar-refractivity contribution is 5.96. The zero-order chi connectivity index (χ0) is 13.5. The Balaban J connectivity index is 2.76. The number of unbranched alkanes of at least 4 members (excludes halogenated alkanes) is 1. The second-order valence-electron chi connectivity index (χ2n) is 4.67. The van der Waals surface area contributed by atoms with Gasteiger partial charge in [-0.1, -0.05) is 37.5 Å². The number of likely N-dealkylation sites (N-methyl/N-ethyl adjacent to an activating group) is 1. The van der Waals surface area contributed by atoms with Crippen LogP contribution in [0.3, 0.4) is 0 Å². The Morgan fingerprint density at radius 2 is 1.89 bits per heavy atom. The van der Waals surface area contributed by atoms with Gasteiger partial charge >= 0.3 is 0 Å². The number of carbonyl (C=O) groups is 1. The molecule has 0 fully saturated rings. The summed E-state index contributed by atoms with van der Waals surface area (Å²) in [7, 11) is 0. The Labute approximate surface area is 110 Å². The van der Waals surface area contributed by atoms with E-state index in [4.69, 9.17) is 5.73 Å². The summed E-state index contributed by atoms with van der Waals surface area (Å²) in [5.41, 5.74) is 8.08. The van der Waals surface area contributed by atoms with Crippen molar-refractivity contribution in [3.63, 3.8) is 0 Å². The van der Waals surface area contributed by atoms with Gasteiger partial charge in [0.15, 0.2) is 0 Å². The van der Waals surface area contributed by atoms with Gasteiger partial charge in [0.05, 0.1) is 6.04 Å². The first kappa shape index (κ1) is 14.7. The minimum atomic E-state index is -0.383. The molecule has 1 rings (SSSR count). The fourth-order valence-corrected chi connectivity index (χ4v) is 1.94. The summed E-state index contributed by atoms with van der Waals surface area (Å²) < 4.78 is 0. The molecule has 1 aromatic rings. The van der Waals surface area contributed by atoms with Crippen LogP contribution in [0.15, 0.2) is 24.3 Å². The molecular weight excluding hydrogens is 224 g/mol. The third kappa shape index (κ3) is 3.84. The summed E-state index contributed by atoms with van der Waals surface area (Å²) in [6, 6.07) is 7.60. The second-order valence-corrected chi connectivity index (χ2v) is 4.67. The van der Waals surface area contributed by atoms with Crippen LogP contribution in [-0.2, 0) is 4.79 Å². The summed E-state index contributed by atoms with van der Waals surface area (Å²) >= 11 is 0. The van der Waals surface area contributed by atoms with Crippen LogP contribution in [0.5, 0.6) is 0 Å². The van der Waals surface area contributed by atoms with Crippen molar-refractivity contribution in [2.75, 3.05) is 11.4 Å². The molecule has 3 nitrogen and oxygen atoms in total. The Morgan fingerprint density at radius 3 is 2.39 bits per heavy atom. The number of benzene rings is 1. The smallest absolute Gasteiger partial charge is 0.243 e. The lowest BCUT2D eigenvalue weighted by atomic mass is 10.1. The third-order valence-corrected chi connectivity index (χ3v) is 3.11. The first-order valence-corrected chi connectivity index (χ1v) is 6.73. The van der Waals surface area contributed by atoms with E-state index >= 15 is 0 Å². The average Bonchev–Trinajstić information content (AvgIpc) is 2.38. The fraction of sp³-hybridized carbons (Fsp3) is 0.533. The molecule has 3 heteroatoms. The van der Waals surface area contributed by atoms with Gasteiger partial charge in [-0.2, -0.15) is 0 Å². The third-order valence-electron chi connectivity index (χ3n) is 3.11. The molecule has 0 heterocycles. The normalized spacial score (nSPS) is 12.2. The number of hydrogen-bond donors (Lipinski definition) is 1. The molecule has 0 radical (unpaired) electrons. The van der Waals surface area contributed by atoms with Gasteiger partial charge in [-0.05, 0) is 32.4 Å². The summed E-state index contributed by atoms with van der Waals surface area (Å²) in [6.45, 7) is 6.77. The van der Waals surface area contributed by atoms with Crippen LogP contribution < -0.4 is 10.6 Å². The van der Waals surface area contributed by atoms with Crippen molar-refractivity contribution >= 4 is 11.6 Å². The van der Waals surface area contributed by atoms with Gasteiger partial charge in [0.25, 0.3) is 0 Å². The predicted octanol–water partition coefficient (Wildman–Crippen LogP) is 2.87. The Morgan fingerprint density at radius 1 is 1.28 bits per heavy atom. The van der Waals surface area contributed by atoms with Gasteiger partial charge in [-0.25, -0.2) is 0 Å². The SMILES string of the molecule is CCCC[C@H](N)C(=O)N(CC)c1ccc(C)cc1. The van der Waals surface area contributed by atoms with Gasteiger partial charge in [0, 0.05) is 12.2 Å². The molecule has 2 N–H and O–H groups in total. The van der Waals surface area contributed by atoms with Crippen molar-refractivity contribution < 1.29 is 4.79 Å². The maximum atomic E-state index is 12.3. The van der Waals surface area contributed by atoms with Crippen molar-refractivity contribution in [1.29, 1.82) is 0 Å². The van der Waals surface area contributed by atoms with Crippen molar-refractivity contribution in [3.05, 3.63) is 29.8 Å². The Bertz CT molecular complexity index is 373. The van der Waals surface area contributed by atoms with E-state index in [9.17, 15) is 4.79 Å². The molecule has 1 aromatic carbocycles. The molecule has 0 aliphatic rings. The maximum absolute atomic E-state index is 12.3. The molecule has 18 heavy (non-hydrogen) atoms. The molecule has 0 saturated heterocycles. The number of rotatable bonds is 6. The van der Waals surface area contributed by atoms with E-state index in [1.807, 2.05) is 38.1 Å². The molecule has 1 atom stereocenters. The van der Waals surface area contributed by atoms with Crippen LogP contribution >= 0.6 is 0 Å². The highest BCUT2D eigenvalue weighted by Crippen LogP contribution is 2.16. The van der Waals surface area contributed by atoms with Crippen LogP contribution in [-0.4, -0.2) is 18.5 Å². The Kier molecular flexibility index (Phi) is 5.86. The molecule has 0 unspecified atom stereocenters. The summed E-state index contributed by atoms with van der Waals surface area (Å²) in [6.07, 6.45) is 2.83. The standard InChI is InChI=1S/C15H24N2O/c1-4-6-7-14(16)15(18)17(5-2)13-10-8-12(3)9-11-13/h8-11,14H,4-7,16H2,1-3H3/t14-/m0/s1. The molecule has 0 aromatic heterocycles. The van der Waals surface area contributed by atoms with Crippen molar-refractivity contribution in [1.82, 2.24) is 0 Å². The predicted molar refractivity (Wildman–Crippen MR) is 76.7 cm³/mol. The maximum Gasteiger partial charge on any atom is 0.243 e. The molecule has 0 aliphatic heterocycles. The van der Waals surface area contributed by atoms with E-state index in [0.29, 0.717) is 6.54 Å². The molecule has 0 bridgehead atoms. The second kappa shape index (κ2) is 7.17. The first-order chi connectivity index (χ1) is 8.60. The van der Waals surface area contributed by atoms with Gasteiger partial charge in [0.2, 0.25) is 5.91 Å². The minimum absolute atomic E-state index is 0.0230. The number of nitrogens with two attached hydrogens (primary N) is 1. The fourth-order valence-electron chi connectivity index (χ4n) is 1.94. The first-order valence-electron chi connectivity index (χ1n) is 6.73. The van der Waals surface area contributed by atoms with Gasteiger partial charge < -0.3 is 10.6 Å². The number of carbonyl (C=O) groups excluding carboxylic acids is 1. The molecule has 100 valence electrons. The highest BCUT2D eigenvalue weighted by Gasteiger charge is 2.20. The van der Waals surface area contributed by atoms with E-state index in [1.165, 1.54) is 5.56 Å². The van der Waals surface area contributed by atoms with Crippen molar-refractivity contribution in [2.45, 2.75) is 46.1 Å². The van der Waals surface area contributed by atoms with Crippen LogP contribution in [0.2, 0.25) is 0 Å². The van der Waals surface area contributed by atoms with Crippen LogP contribution in [0, 0.1) is 6.92 Å². The summed E-state index contributed by atoms with van der Waals surface area (Å²) in [5, 5.41) is 0. The molecule has 0 aliphatic carbocycles. The zero-order valence-electron chi connectivity index (χ0n) is 11.6. The van der Waals surface area contributed by atoms with Gasteiger partial charge in [-0.3, -0.25) is 4.79 Å². The van der Waals surface area contributed by atoms with E-state index in [-0.39, 0.29) is 11.9 Å². The number of nitrogens with zero attached hydrogens (tertiary/aromatic N) is 1. The van der Waals surface area contributed by atoms with Crippen molar-refractivity contribution in [2.24, 2.45) is 5.73 Å². The number of amides is 1. The van der Waals surface area contributed by atoms with Crippen LogP contribution in [0.4, 0.5) is 5.69 Å². The van der Waals surface area contributed by atoms with Crippen molar-refractivity contribution in [3.8, 4) is 0 Å². The number of aryl methyl sites for hydroxylation is 1. The van der Waals surface area contributed by atoms with E-state index in [0.717, 1.165) is 24.9 Å². The molecular formula is C15H24N2O. The highest BCUT2D eigenvalue weighted by atomic mass is 16.2. The van der Waals surface area contributed by atoms with E-state index in [2.05, 4.69) is 6.92 Å². The van der Waals surface area contributed by atoms with E-state index < -0.39 is 0 Å². The van der Waals surface area contributed by atoms with Gasteiger partial charge in [-0.15, -0.1) is 0 Å². The summed E-state index contributed by atoms with van der Waals surface area (Å²) in [5.74, 6) is 0.0230. The molecule has 1 amide bonds. The number of hydrogen-bond acceptors (Lipinski definition) is 2. The quantitative estimate of drug-likeness (QED) is 0.841. The monoisotopic (exact) mass is 248 g/mol. The van der Waals surface area contributed by atoms with Crippen LogP contribution in [0.1, 0.15) is 38.7 Å². The largest absolute Gasteiger partial charge is 0.320 e. The minimum Gasteiger partial charge on any atom is -0.320 e. The average molecular weight is 248 g/mol. The molecule has 0 spiro atoms. The Hall–Kier alpha value is -1.35. The van der Waals surface area contributed by atoms with E-state index in [1.54, 1.807) is 4.90 Å². The zero-order valence-corrected chi connectivity index (χ0v) is 11.6. The lowest BCUT2D eigenvalue weighted by Gasteiger charge is -2.24. The van der Waals surface area contributed by atoms with Crippen LogP contribution in [0.25, 0.3) is 0 Å². The van der Waals surface area contributed by atoms with Gasteiger partial charge in [0.1, 0.15) is 0 Å². The lowest BCUT2D eigenvalue weighted by molar-refractivity contribution is -0.119. The molecule has 0 saturated carbocycles.